The van der Waals surface area contributed by atoms with Crippen molar-refractivity contribution in [1.29, 1.82) is 0 Å². The molecule has 0 radical (unpaired) electrons. The van der Waals surface area contributed by atoms with E-state index >= 15 is 0 Å². The number of amides is 2. The van der Waals surface area contributed by atoms with Gasteiger partial charge in [-0.2, -0.15) is 0 Å². The number of hydrogen-bond donors (Lipinski definition) is 0. The molecule has 5 nitrogen and oxygen atoms in total. The predicted molar refractivity (Wildman–Crippen MR) is 107 cm³/mol. The maximum absolute atomic E-state index is 13.4. The molecule has 3 aromatic carbocycles. The Bertz CT molecular complexity index is 1110. The fourth-order valence-electron chi connectivity index (χ4n) is 3.58. The second-order valence-corrected chi connectivity index (χ2v) is 7.59. The first-order valence-electron chi connectivity index (χ1n) is 8.79. The molecular weight excluding hydrogens is 372 g/mol. The van der Waals surface area contributed by atoms with Crippen LogP contribution in [0.5, 0.6) is 0 Å². The van der Waals surface area contributed by atoms with Crippen LogP contribution < -0.4 is 9.80 Å². The molecule has 0 saturated heterocycles. The largest absolute Gasteiger partial charge is 0.299 e. The van der Waals surface area contributed by atoms with Gasteiger partial charge < -0.3 is 0 Å². The minimum Gasteiger partial charge on any atom is -0.295 e. The number of fused-ring (bicyclic) bond motifs is 3. The SMILES string of the molecule is O=C1C(=O)N(CC(=O)N2c3ccccc3Sc3ccccc32)c2ccccc21. The first-order valence-corrected chi connectivity index (χ1v) is 9.61. The van der Waals surface area contributed by atoms with Crippen molar-refractivity contribution < 1.29 is 14.4 Å². The number of nitrogens with zero attached hydrogens (tertiary/aromatic N) is 2. The molecule has 2 aliphatic heterocycles. The van der Waals surface area contributed by atoms with Crippen molar-refractivity contribution in [2.75, 3.05) is 16.3 Å². The number of ketones is 1. The fourth-order valence-corrected chi connectivity index (χ4v) is 4.64. The normalized spacial score (nSPS) is 14.6. The lowest BCUT2D eigenvalue weighted by Crippen LogP contribution is -2.41. The molecule has 0 saturated carbocycles. The molecule has 0 aliphatic carbocycles. The van der Waals surface area contributed by atoms with E-state index in [0.29, 0.717) is 11.3 Å². The third-order valence-corrected chi connectivity index (χ3v) is 5.98. The van der Waals surface area contributed by atoms with E-state index in [1.165, 1.54) is 4.90 Å². The van der Waals surface area contributed by atoms with Gasteiger partial charge in [-0.25, -0.2) is 0 Å². The lowest BCUT2D eigenvalue weighted by Gasteiger charge is -2.32. The van der Waals surface area contributed by atoms with E-state index in [1.54, 1.807) is 40.9 Å². The monoisotopic (exact) mass is 386 g/mol. The molecule has 6 heteroatoms. The third kappa shape index (κ3) is 2.46. The minimum absolute atomic E-state index is 0.199. The van der Waals surface area contributed by atoms with E-state index in [0.717, 1.165) is 21.2 Å². The summed E-state index contributed by atoms with van der Waals surface area (Å²) < 4.78 is 0. The number of rotatable bonds is 2. The number of para-hydroxylation sites is 3. The van der Waals surface area contributed by atoms with Gasteiger partial charge in [0.15, 0.2) is 0 Å². The summed E-state index contributed by atoms with van der Waals surface area (Å²) in [6, 6.07) is 22.1. The highest BCUT2D eigenvalue weighted by Crippen LogP contribution is 2.48. The third-order valence-electron chi connectivity index (χ3n) is 4.85. The standard InChI is InChI=1S/C22H14N2O3S/c25-20(13-23-15-8-2-1-7-14(15)21(26)22(23)27)24-16-9-3-5-11-18(16)28-19-12-6-4-10-17(19)24/h1-12H,13H2. The minimum atomic E-state index is -0.664. The summed E-state index contributed by atoms with van der Waals surface area (Å²) >= 11 is 1.61. The number of anilines is 3. The summed E-state index contributed by atoms with van der Waals surface area (Å²) in [5, 5.41) is 0. The van der Waals surface area contributed by atoms with Gasteiger partial charge in [-0.1, -0.05) is 48.2 Å². The van der Waals surface area contributed by atoms with Crippen molar-refractivity contribution in [2.45, 2.75) is 9.79 Å². The van der Waals surface area contributed by atoms with Crippen LogP contribution in [0.2, 0.25) is 0 Å². The van der Waals surface area contributed by atoms with E-state index in [9.17, 15) is 14.4 Å². The molecule has 2 amide bonds. The van der Waals surface area contributed by atoms with Gasteiger partial charge in [0, 0.05) is 9.79 Å². The Balaban J connectivity index is 1.55. The second-order valence-electron chi connectivity index (χ2n) is 6.50. The molecule has 0 unspecified atom stereocenters. The molecule has 0 bridgehead atoms. The summed E-state index contributed by atoms with van der Waals surface area (Å²) in [5.74, 6) is -1.50. The van der Waals surface area contributed by atoms with Crippen molar-refractivity contribution in [3.05, 3.63) is 78.4 Å². The molecule has 0 spiro atoms. The summed E-state index contributed by atoms with van der Waals surface area (Å²) in [4.78, 5) is 42.9. The van der Waals surface area contributed by atoms with Gasteiger partial charge in [-0.15, -0.1) is 0 Å². The molecule has 3 aromatic rings. The van der Waals surface area contributed by atoms with Crippen molar-refractivity contribution in [2.24, 2.45) is 0 Å². The zero-order chi connectivity index (χ0) is 19.3. The topological polar surface area (TPSA) is 57.7 Å². The van der Waals surface area contributed by atoms with Gasteiger partial charge in [0.25, 0.3) is 17.6 Å². The van der Waals surface area contributed by atoms with Gasteiger partial charge in [0.05, 0.1) is 22.6 Å². The molecule has 5 rings (SSSR count). The number of hydrogen-bond acceptors (Lipinski definition) is 4. The van der Waals surface area contributed by atoms with Crippen molar-refractivity contribution in [1.82, 2.24) is 0 Å². The predicted octanol–water partition coefficient (Wildman–Crippen LogP) is 4.05. The van der Waals surface area contributed by atoms with E-state index in [1.807, 2.05) is 48.5 Å². The van der Waals surface area contributed by atoms with Crippen LogP contribution in [0.3, 0.4) is 0 Å². The van der Waals surface area contributed by atoms with Crippen LogP contribution >= 0.6 is 11.8 Å². The quantitative estimate of drug-likeness (QED) is 0.624. The van der Waals surface area contributed by atoms with E-state index in [2.05, 4.69) is 0 Å². The Labute approximate surface area is 165 Å². The van der Waals surface area contributed by atoms with Crippen LogP contribution in [0.4, 0.5) is 17.1 Å². The molecule has 0 N–H and O–H groups in total. The lowest BCUT2D eigenvalue weighted by molar-refractivity contribution is -0.119. The van der Waals surface area contributed by atoms with E-state index in [4.69, 9.17) is 0 Å². The number of carbonyl (C=O) groups excluding carboxylic acids is 3. The van der Waals surface area contributed by atoms with Gasteiger partial charge in [-0.3, -0.25) is 24.2 Å². The second kappa shape index (κ2) is 6.35. The Morgan fingerprint density at radius 2 is 1.29 bits per heavy atom. The highest BCUT2D eigenvalue weighted by atomic mass is 32.2. The highest BCUT2D eigenvalue weighted by Gasteiger charge is 2.38. The average molecular weight is 386 g/mol. The Kier molecular flexibility index (Phi) is 3.80. The maximum Gasteiger partial charge on any atom is 0.299 e. The maximum atomic E-state index is 13.4. The van der Waals surface area contributed by atoms with Crippen LogP contribution in [0.15, 0.2) is 82.6 Å². The fraction of sp³-hybridized carbons (Fsp3) is 0.0455. The summed E-state index contributed by atoms with van der Waals surface area (Å²) in [6.45, 7) is -0.199. The first-order chi connectivity index (χ1) is 13.6. The Morgan fingerprint density at radius 3 is 1.93 bits per heavy atom. The number of benzene rings is 3. The molecule has 2 aliphatic rings. The van der Waals surface area contributed by atoms with Gasteiger partial charge in [0.1, 0.15) is 6.54 Å². The van der Waals surface area contributed by atoms with Crippen LogP contribution in [0.25, 0.3) is 0 Å². The van der Waals surface area contributed by atoms with E-state index < -0.39 is 11.7 Å². The smallest absolute Gasteiger partial charge is 0.295 e. The lowest BCUT2D eigenvalue weighted by atomic mass is 10.1. The van der Waals surface area contributed by atoms with E-state index in [-0.39, 0.29) is 12.5 Å². The molecule has 136 valence electrons. The summed E-state index contributed by atoms with van der Waals surface area (Å²) in [5.41, 5.74) is 2.39. The number of carbonyl (C=O) groups is 3. The van der Waals surface area contributed by atoms with Crippen molar-refractivity contribution in [3.8, 4) is 0 Å². The Morgan fingerprint density at radius 1 is 0.750 bits per heavy atom. The van der Waals surface area contributed by atoms with Gasteiger partial charge >= 0.3 is 0 Å². The van der Waals surface area contributed by atoms with Crippen LogP contribution in [-0.4, -0.2) is 24.1 Å². The molecule has 0 aromatic heterocycles. The van der Waals surface area contributed by atoms with Gasteiger partial charge in [0.2, 0.25) is 0 Å². The Hall–Kier alpha value is -3.38. The average Bonchev–Trinajstić information content (AvgIpc) is 2.97. The first kappa shape index (κ1) is 16.8. The van der Waals surface area contributed by atoms with Gasteiger partial charge in [-0.05, 0) is 36.4 Å². The zero-order valence-corrected chi connectivity index (χ0v) is 15.5. The molecular formula is C22H14N2O3S. The zero-order valence-electron chi connectivity index (χ0n) is 14.7. The molecule has 0 atom stereocenters. The molecule has 28 heavy (non-hydrogen) atoms. The molecule has 2 heterocycles. The highest BCUT2D eigenvalue weighted by molar-refractivity contribution is 7.99. The van der Waals surface area contributed by atoms with Crippen LogP contribution in [0, 0.1) is 0 Å². The van der Waals surface area contributed by atoms with Crippen LogP contribution in [-0.2, 0) is 9.59 Å². The summed E-state index contributed by atoms with van der Waals surface area (Å²) in [6.07, 6.45) is 0. The molecule has 0 fully saturated rings. The summed E-state index contributed by atoms with van der Waals surface area (Å²) in [7, 11) is 0. The van der Waals surface area contributed by atoms with Crippen molar-refractivity contribution >= 4 is 46.4 Å². The number of Topliss-reactive ketones (excluding diaryl/α,β-unsaturated/α-hetero) is 1. The van der Waals surface area contributed by atoms with Crippen molar-refractivity contribution in [3.63, 3.8) is 0 Å². The van der Waals surface area contributed by atoms with Crippen LogP contribution in [0.1, 0.15) is 10.4 Å².